The van der Waals surface area contributed by atoms with E-state index in [1.165, 1.54) is 11.1 Å². The predicted molar refractivity (Wildman–Crippen MR) is 82.2 cm³/mol. The molecule has 0 amide bonds. The van der Waals surface area contributed by atoms with Gasteiger partial charge in [-0.15, -0.1) is 0 Å². The van der Waals surface area contributed by atoms with Crippen molar-refractivity contribution >= 4 is 0 Å². The Morgan fingerprint density at radius 3 is 2.67 bits per heavy atom. The lowest BCUT2D eigenvalue weighted by atomic mass is 10.0. The number of hydroxylamine groups is 1. The second-order valence-electron chi connectivity index (χ2n) is 5.74. The van der Waals surface area contributed by atoms with E-state index in [-0.39, 0.29) is 12.4 Å². The highest BCUT2D eigenvalue weighted by Gasteiger charge is 2.22. The average Bonchev–Trinajstić information content (AvgIpc) is 2.95. The van der Waals surface area contributed by atoms with Gasteiger partial charge >= 0.3 is 0 Å². The molecule has 2 fully saturated rings. The van der Waals surface area contributed by atoms with Crippen LogP contribution in [0.4, 0.5) is 0 Å². The summed E-state index contributed by atoms with van der Waals surface area (Å²) in [4.78, 5) is 5.31. The first-order valence-corrected chi connectivity index (χ1v) is 7.69. The van der Waals surface area contributed by atoms with Gasteiger partial charge in [0.1, 0.15) is 12.4 Å². The number of hydrogen-bond donors (Lipinski definition) is 5. The number of benzene rings is 1. The molecule has 0 radical (unpaired) electrons. The quantitative estimate of drug-likeness (QED) is 0.551. The van der Waals surface area contributed by atoms with E-state index >= 15 is 0 Å². The highest BCUT2D eigenvalue weighted by molar-refractivity contribution is 5.27. The third-order valence-electron chi connectivity index (χ3n) is 4.03. The van der Waals surface area contributed by atoms with Crippen LogP contribution in [-0.2, 0) is 4.84 Å². The smallest absolute Gasteiger partial charge is 0.128 e. The molecule has 0 saturated carbocycles. The summed E-state index contributed by atoms with van der Waals surface area (Å²) >= 11 is 0. The molecule has 3 rings (SSSR count). The van der Waals surface area contributed by atoms with Gasteiger partial charge in [0, 0.05) is 25.7 Å². The van der Waals surface area contributed by atoms with E-state index in [2.05, 4.69) is 57.9 Å². The van der Waals surface area contributed by atoms with Crippen molar-refractivity contribution in [2.45, 2.75) is 38.4 Å². The van der Waals surface area contributed by atoms with Crippen LogP contribution in [0.15, 0.2) is 24.3 Å². The van der Waals surface area contributed by atoms with Gasteiger partial charge in [-0.1, -0.05) is 24.3 Å². The molecule has 2 aliphatic rings. The van der Waals surface area contributed by atoms with Crippen LogP contribution in [0, 0.1) is 0 Å². The lowest BCUT2D eigenvalue weighted by Gasteiger charge is -2.28. The molecule has 2 heterocycles. The highest BCUT2D eigenvalue weighted by Crippen LogP contribution is 2.19. The van der Waals surface area contributed by atoms with Crippen LogP contribution in [0.2, 0.25) is 0 Å². The van der Waals surface area contributed by atoms with Crippen molar-refractivity contribution in [3.63, 3.8) is 0 Å². The molecule has 4 atom stereocenters. The van der Waals surface area contributed by atoms with E-state index in [4.69, 9.17) is 4.84 Å². The molecular formula is C15H25N5O. The normalized spacial score (nSPS) is 31.2. The Morgan fingerprint density at radius 2 is 2.05 bits per heavy atom. The summed E-state index contributed by atoms with van der Waals surface area (Å²) in [6.07, 6.45) is 0.447. The van der Waals surface area contributed by atoms with Crippen molar-refractivity contribution in [1.82, 2.24) is 26.7 Å². The van der Waals surface area contributed by atoms with Gasteiger partial charge < -0.3 is 5.32 Å². The maximum atomic E-state index is 5.31. The third-order valence-corrected chi connectivity index (χ3v) is 4.03. The van der Waals surface area contributed by atoms with Gasteiger partial charge in [-0.3, -0.25) is 20.8 Å². The van der Waals surface area contributed by atoms with Gasteiger partial charge in [0.2, 0.25) is 0 Å². The molecule has 21 heavy (non-hydrogen) atoms. The van der Waals surface area contributed by atoms with Crippen molar-refractivity contribution in [1.29, 1.82) is 0 Å². The van der Waals surface area contributed by atoms with Gasteiger partial charge in [0.25, 0.3) is 0 Å². The minimum Gasteiger partial charge on any atom is -0.313 e. The fourth-order valence-electron chi connectivity index (χ4n) is 2.78. The van der Waals surface area contributed by atoms with Gasteiger partial charge in [-0.2, -0.15) is 5.48 Å². The van der Waals surface area contributed by atoms with Gasteiger partial charge in [-0.05, 0) is 25.0 Å². The first kappa shape index (κ1) is 14.9. The largest absolute Gasteiger partial charge is 0.313 e. The molecule has 6 heteroatoms. The van der Waals surface area contributed by atoms with Crippen molar-refractivity contribution in [3.8, 4) is 0 Å². The zero-order valence-corrected chi connectivity index (χ0v) is 12.6. The number of piperazine rings is 1. The van der Waals surface area contributed by atoms with E-state index in [9.17, 15) is 0 Å². The standard InChI is InChI=1S/C15H25N5O/c1-10(18-14-9-16-7-8-17-14)12-3-5-13(6-4-12)15-19-11(2)21-20-15/h3-6,10-11,14-20H,7-9H2,1-2H3. The first-order valence-electron chi connectivity index (χ1n) is 7.69. The Kier molecular flexibility index (Phi) is 4.84. The summed E-state index contributed by atoms with van der Waals surface area (Å²) in [6.45, 7) is 7.21. The number of hydrogen-bond acceptors (Lipinski definition) is 6. The van der Waals surface area contributed by atoms with Crippen LogP contribution in [0.1, 0.15) is 37.2 Å². The molecule has 1 aromatic carbocycles. The SMILES string of the molecule is CC1NC(c2ccc(C(C)NC3CNCCN3)cc2)NO1. The maximum Gasteiger partial charge on any atom is 0.128 e. The highest BCUT2D eigenvalue weighted by atomic mass is 16.7. The first-order chi connectivity index (χ1) is 10.2. The second-order valence-corrected chi connectivity index (χ2v) is 5.74. The molecule has 2 saturated heterocycles. The van der Waals surface area contributed by atoms with Crippen LogP contribution in [-0.4, -0.2) is 32.0 Å². The van der Waals surface area contributed by atoms with E-state index in [0.29, 0.717) is 12.2 Å². The van der Waals surface area contributed by atoms with Crippen LogP contribution in [0.25, 0.3) is 0 Å². The minimum atomic E-state index is 0.0418. The van der Waals surface area contributed by atoms with E-state index < -0.39 is 0 Å². The predicted octanol–water partition coefficient (Wildman–Crippen LogP) is 0.325. The van der Waals surface area contributed by atoms with E-state index in [1.807, 2.05) is 6.92 Å². The summed E-state index contributed by atoms with van der Waals surface area (Å²) < 4.78 is 0. The zero-order valence-electron chi connectivity index (χ0n) is 12.6. The molecule has 0 aliphatic carbocycles. The fraction of sp³-hybridized carbons (Fsp3) is 0.600. The van der Waals surface area contributed by atoms with Crippen LogP contribution in [0.5, 0.6) is 0 Å². The Bertz CT molecular complexity index is 446. The van der Waals surface area contributed by atoms with Crippen molar-refractivity contribution in [2.75, 3.05) is 19.6 Å². The molecule has 5 N–H and O–H groups in total. The number of rotatable bonds is 4. The van der Waals surface area contributed by atoms with Crippen LogP contribution in [0.3, 0.4) is 0 Å². The molecule has 4 unspecified atom stereocenters. The lowest BCUT2D eigenvalue weighted by molar-refractivity contribution is 0.0329. The van der Waals surface area contributed by atoms with Crippen LogP contribution < -0.4 is 26.7 Å². The summed E-state index contributed by atoms with van der Waals surface area (Å²) in [6, 6.07) is 8.96. The number of nitrogens with one attached hydrogen (secondary N) is 5. The van der Waals surface area contributed by atoms with Crippen LogP contribution >= 0.6 is 0 Å². The maximum absolute atomic E-state index is 5.31. The third kappa shape index (κ3) is 3.79. The Morgan fingerprint density at radius 1 is 1.24 bits per heavy atom. The Labute approximate surface area is 126 Å². The molecular weight excluding hydrogens is 266 g/mol. The summed E-state index contributed by atoms with van der Waals surface area (Å²) in [5, 5.41) is 13.8. The van der Waals surface area contributed by atoms with Crippen molar-refractivity contribution < 1.29 is 4.84 Å². The Balaban J connectivity index is 1.58. The molecule has 6 nitrogen and oxygen atoms in total. The summed E-state index contributed by atoms with van der Waals surface area (Å²) in [5.41, 5.74) is 5.47. The fourth-order valence-corrected chi connectivity index (χ4v) is 2.78. The molecule has 2 aliphatic heterocycles. The molecule has 0 spiro atoms. The van der Waals surface area contributed by atoms with Crippen molar-refractivity contribution in [2.24, 2.45) is 0 Å². The summed E-state index contributed by atoms with van der Waals surface area (Å²) in [7, 11) is 0. The molecule has 0 bridgehead atoms. The van der Waals surface area contributed by atoms with Crippen molar-refractivity contribution in [3.05, 3.63) is 35.4 Å². The van der Waals surface area contributed by atoms with E-state index in [1.54, 1.807) is 0 Å². The molecule has 0 aromatic heterocycles. The van der Waals surface area contributed by atoms with Gasteiger partial charge in [0.05, 0.1) is 6.17 Å². The molecule has 1 aromatic rings. The van der Waals surface area contributed by atoms with Gasteiger partial charge in [0.15, 0.2) is 0 Å². The average molecular weight is 291 g/mol. The lowest BCUT2D eigenvalue weighted by Crippen LogP contribution is -2.55. The van der Waals surface area contributed by atoms with Gasteiger partial charge in [-0.25, -0.2) is 0 Å². The zero-order chi connectivity index (χ0) is 14.7. The topological polar surface area (TPSA) is 69.4 Å². The Hall–Kier alpha value is -1.02. The monoisotopic (exact) mass is 291 g/mol. The van der Waals surface area contributed by atoms with E-state index in [0.717, 1.165) is 19.6 Å². The second kappa shape index (κ2) is 6.83. The minimum absolute atomic E-state index is 0.0418. The molecule has 116 valence electrons. The summed E-state index contributed by atoms with van der Waals surface area (Å²) in [5.74, 6) is 0.